The molecule has 0 unspecified atom stereocenters. The van der Waals surface area contributed by atoms with Gasteiger partial charge in [-0.15, -0.1) is 0 Å². The molecular formula is C6H8N2O4. The molecule has 0 aromatic heterocycles. The van der Waals surface area contributed by atoms with Crippen LogP contribution in [0.5, 0.6) is 0 Å². The number of allylic oxidation sites excluding steroid dienone is 2. The molecule has 0 atom stereocenters. The maximum Gasteiger partial charge on any atom is 0.351 e. The van der Waals surface area contributed by atoms with Gasteiger partial charge in [0.15, 0.2) is 0 Å². The van der Waals surface area contributed by atoms with Crippen molar-refractivity contribution >= 4 is 11.9 Å². The van der Waals surface area contributed by atoms with E-state index in [1.54, 1.807) is 0 Å². The highest BCUT2D eigenvalue weighted by Gasteiger charge is 2.01. The van der Waals surface area contributed by atoms with E-state index in [9.17, 15) is 9.59 Å². The van der Waals surface area contributed by atoms with Crippen LogP contribution in [0.25, 0.3) is 0 Å². The third-order valence-electron chi connectivity index (χ3n) is 0.936. The van der Waals surface area contributed by atoms with Gasteiger partial charge >= 0.3 is 11.9 Å². The second kappa shape index (κ2) is 4.02. The van der Waals surface area contributed by atoms with Crippen LogP contribution in [0.1, 0.15) is 0 Å². The minimum atomic E-state index is -1.33. The van der Waals surface area contributed by atoms with E-state index in [0.717, 1.165) is 12.2 Å². The maximum atomic E-state index is 10.1. The Kier molecular flexibility index (Phi) is 3.35. The van der Waals surface area contributed by atoms with Crippen molar-refractivity contribution < 1.29 is 19.8 Å². The Morgan fingerprint density at radius 2 is 1.17 bits per heavy atom. The number of rotatable bonds is 3. The van der Waals surface area contributed by atoms with Crippen LogP contribution < -0.4 is 11.5 Å². The van der Waals surface area contributed by atoms with Crippen molar-refractivity contribution in [2.45, 2.75) is 0 Å². The van der Waals surface area contributed by atoms with Gasteiger partial charge in [-0.05, 0) is 12.2 Å². The van der Waals surface area contributed by atoms with Crippen molar-refractivity contribution in [3.05, 3.63) is 23.5 Å². The highest BCUT2D eigenvalue weighted by atomic mass is 16.4. The van der Waals surface area contributed by atoms with E-state index in [0.29, 0.717) is 0 Å². The normalized spacial score (nSPS) is 12.7. The lowest BCUT2D eigenvalue weighted by molar-refractivity contribution is -0.133. The van der Waals surface area contributed by atoms with Crippen molar-refractivity contribution in [2.24, 2.45) is 11.5 Å². The number of carboxylic acids is 2. The van der Waals surface area contributed by atoms with Crippen LogP contribution in [0.3, 0.4) is 0 Å². The van der Waals surface area contributed by atoms with E-state index in [2.05, 4.69) is 0 Å². The molecule has 66 valence electrons. The topological polar surface area (TPSA) is 127 Å². The van der Waals surface area contributed by atoms with Gasteiger partial charge in [-0.25, -0.2) is 9.59 Å². The van der Waals surface area contributed by atoms with Crippen LogP contribution in [-0.4, -0.2) is 22.2 Å². The minimum Gasteiger partial charge on any atom is -0.477 e. The number of hydrogen-bond acceptors (Lipinski definition) is 4. The molecule has 0 aliphatic rings. The van der Waals surface area contributed by atoms with E-state index in [1.165, 1.54) is 0 Å². The number of nitrogens with two attached hydrogens (primary N) is 2. The quantitative estimate of drug-likeness (QED) is 0.314. The fourth-order valence-corrected chi connectivity index (χ4v) is 0.322. The van der Waals surface area contributed by atoms with Crippen molar-refractivity contribution in [1.82, 2.24) is 0 Å². The molecule has 12 heavy (non-hydrogen) atoms. The predicted octanol–water partition coefficient (Wildman–Crippen LogP) is -1.16. The first-order valence-corrected chi connectivity index (χ1v) is 2.84. The second-order valence-electron chi connectivity index (χ2n) is 1.85. The lowest BCUT2D eigenvalue weighted by atomic mass is 10.3. The minimum absolute atomic E-state index is 0.473. The SMILES string of the molecule is N/C(=C\C=C(/N)C(=O)O)C(=O)O. The molecule has 0 bridgehead atoms. The van der Waals surface area contributed by atoms with Gasteiger partial charge in [0.25, 0.3) is 0 Å². The molecule has 6 heteroatoms. The molecule has 0 aromatic carbocycles. The summed E-state index contributed by atoms with van der Waals surface area (Å²) >= 11 is 0. The lowest BCUT2D eigenvalue weighted by Gasteiger charge is -1.91. The lowest BCUT2D eigenvalue weighted by Crippen LogP contribution is -2.11. The Labute approximate surface area is 67.8 Å². The summed E-state index contributed by atoms with van der Waals surface area (Å²) in [6.07, 6.45) is 1.82. The summed E-state index contributed by atoms with van der Waals surface area (Å²) in [6.45, 7) is 0. The van der Waals surface area contributed by atoms with Gasteiger partial charge in [0, 0.05) is 0 Å². The van der Waals surface area contributed by atoms with Crippen LogP contribution in [0, 0.1) is 0 Å². The Balaban J connectivity index is 4.48. The second-order valence-corrected chi connectivity index (χ2v) is 1.85. The molecule has 0 heterocycles. The molecule has 0 saturated carbocycles. The molecule has 0 saturated heterocycles. The van der Waals surface area contributed by atoms with Gasteiger partial charge in [0.1, 0.15) is 11.4 Å². The van der Waals surface area contributed by atoms with E-state index >= 15 is 0 Å². The summed E-state index contributed by atoms with van der Waals surface area (Å²) in [4.78, 5) is 20.1. The fraction of sp³-hybridized carbons (Fsp3) is 0. The predicted molar refractivity (Wildman–Crippen MR) is 39.8 cm³/mol. The summed E-state index contributed by atoms with van der Waals surface area (Å²) in [7, 11) is 0. The molecule has 0 rings (SSSR count). The largest absolute Gasteiger partial charge is 0.477 e. The van der Waals surface area contributed by atoms with E-state index < -0.39 is 23.3 Å². The van der Waals surface area contributed by atoms with E-state index in [1.807, 2.05) is 0 Å². The first kappa shape index (κ1) is 10.0. The zero-order valence-corrected chi connectivity index (χ0v) is 6.02. The zero-order chi connectivity index (χ0) is 9.72. The number of hydrogen-bond donors (Lipinski definition) is 4. The Morgan fingerprint density at radius 3 is 1.33 bits per heavy atom. The van der Waals surface area contributed by atoms with Crippen LogP contribution in [-0.2, 0) is 9.59 Å². The summed E-state index contributed by atoms with van der Waals surface area (Å²) < 4.78 is 0. The molecule has 0 radical (unpaired) electrons. The Morgan fingerprint density at radius 1 is 0.917 bits per heavy atom. The summed E-state index contributed by atoms with van der Waals surface area (Å²) in [5, 5.41) is 16.4. The first-order valence-electron chi connectivity index (χ1n) is 2.84. The molecule has 0 amide bonds. The van der Waals surface area contributed by atoms with Gasteiger partial charge in [0.2, 0.25) is 0 Å². The number of carbonyl (C=O) groups is 2. The zero-order valence-electron chi connectivity index (χ0n) is 6.02. The average molecular weight is 172 g/mol. The number of aliphatic carboxylic acids is 2. The van der Waals surface area contributed by atoms with Crippen molar-refractivity contribution in [2.75, 3.05) is 0 Å². The van der Waals surface area contributed by atoms with Gasteiger partial charge in [-0.3, -0.25) is 0 Å². The van der Waals surface area contributed by atoms with Crippen LogP contribution in [0.15, 0.2) is 23.5 Å². The van der Waals surface area contributed by atoms with Crippen LogP contribution >= 0.6 is 0 Å². The molecular weight excluding hydrogens is 164 g/mol. The smallest absolute Gasteiger partial charge is 0.351 e. The third kappa shape index (κ3) is 3.25. The standard InChI is InChI=1S/C6H8N2O4/c7-3(5(9)10)1-2-4(8)6(11)12/h1-2H,7-8H2,(H,9,10)(H,11,12)/b3-1-,4-2-. The summed E-state index contributed by atoms with van der Waals surface area (Å²) in [5.74, 6) is -2.66. The molecule has 0 aliphatic heterocycles. The molecule has 0 aromatic rings. The summed E-state index contributed by atoms with van der Waals surface area (Å²) in [6, 6.07) is 0. The van der Waals surface area contributed by atoms with Crippen molar-refractivity contribution in [1.29, 1.82) is 0 Å². The number of carboxylic acid groups (broad SMARTS) is 2. The average Bonchev–Trinajstić information content (AvgIpc) is 1.98. The van der Waals surface area contributed by atoms with E-state index in [4.69, 9.17) is 21.7 Å². The molecule has 0 spiro atoms. The fourth-order valence-electron chi connectivity index (χ4n) is 0.322. The highest BCUT2D eigenvalue weighted by molar-refractivity contribution is 5.88. The van der Waals surface area contributed by atoms with E-state index in [-0.39, 0.29) is 0 Å². The van der Waals surface area contributed by atoms with Gasteiger partial charge < -0.3 is 21.7 Å². The molecule has 0 fully saturated rings. The molecule has 6 N–H and O–H groups in total. The monoisotopic (exact) mass is 172 g/mol. The third-order valence-corrected chi connectivity index (χ3v) is 0.936. The van der Waals surface area contributed by atoms with Crippen LogP contribution in [0.4, 0.5) is 0 Å². The van der Waals surface area contributed by atoms with Gasteiger partial charge in [-0.2, -0.15) is 0 Å². The van der Waals surface area contributed by atoms with Crippen molar-refractivity contribution in [3.8, 4) is 0 Å². The van der Waals surface area contributed by atoms with Gasteiger partial charge in [-0.1, -0.05) is 0 Å². The summed E-state index contributed by atoms with van der Waals surface area (Å²) in [5.41, 5.74) is 8.92. The molecule has 6 nitrogen and oxygen atoms in total. The van der Waals surface area contributed by atoms with Crippen LogP contribution in [0.2, 0.25) is 0 Å². The molecule has 0 aliphatic carbocycles. The van der Waals surface area contributed by atoms with Crippen molar-refractivity contribution in [3.63, 3.8) is 0 Å². The Bertz CT molecular complexity index is 239. The maximum absolute atomic E-state index is 10.1. The highest BCUT2D eigenvalue weighted by Crippen LogP contribution is 1.89. The first-order chi connectivity index (χ1) is 5.45. The van der Waals surface area contributed by atoms with Gasteiger partial charge in [0.05, 0.1) is 0 Å². The Hall–Kier alpha value is -1.98.